The van der Waals surface area contributed by atoms with Gasteiger partial charge in [-0.3, -0.25) is 4.99 Å². The minimum atomic E-state index is -0.434. The van der Waals surface area contributed by atoms with E-state index in [2.05, 4.69) is 15.2 Å². The summed E-state index contributed by atoms with van der Waals surface area (Å²) < 4.78 is 38.1. The number of guanidine groups is 1. The van der Waals surface area contributed by atoms with Crippen molar-refractivity contribution >= 4 is 11.6 Å². The molecule has 0 atom stereocenters. The summed E-state index contributed by atoms with van der Waals surface area (Å²) in [4.78, 5) is 8.32. The molecule has 0 unspecified atom stereocenters. The Morgan fingerprint density at radius 3 is 2.38 bits per heavy atom. The Balaban J connectivity index is 1.59. The fourth-order valence-electron chi connectivity index (χ4n) is 3.39. The number of benzene rings is 2. The van der Waals surface area contributed by atoms with E-state index >= 15 is 0 Å². The van der Waals surface area contributed by atoms with Crippen LogP contribution in [-0.4, -0.2) is 58.3 Å². The molecule has 1 aliphatic heterocycles. The lowest BCUT2D eigenvalue weighted by molar-refractivity contribution is 0.354. The highest BCUT2D eigenvalue weighted by molar-refractivity contribution is 5.80. The third-order valence-corrected chi connectivity index (χ3v) is 4.94. The molecule has 1 aliphatic rings. The Kier molecular flexibility index (Phi) is 6.74. The average Bonchev–Trinajstić information content (AvgIpc) is 2.76. The number of nitrogens with one attached hydrogen (secondary N) is 1. The van der Waals surface area contributed by atoms with Crippen LogP contribution in [-0.2, 0) is 6.54 Å². The van der Waals surface area contributed by atoms with Crippen LogP contribution in [0.25, 0.3) is 0 Å². The first-order chi connectivity index (χ1) is 14.0. The summed E-state index contributed by atoms with van der Waals surface area (Å²) in [6, 6.07) is 9.30. The van der Waals surface area contributed by atoms with Gasteiger partial charge in [0.2, 0.25) is 0 Å². The zero-order valence-electron chi connectivity index (χ0n) is 16.9. The lowest BCUT2D eigenvalue weighted by Crippen LogP contribution is -2.52. The van der Waals surface area contributed by atoms with Crippen molar-refractivity contribution in [3.63, 3.8) is 0 Å². The predicted octanol–water partition coefficient (Wildman–Crippen LogP) is 2.88. The molecule has 2 aromatic rings. The fourth-order valence-corrected chi connectivity index (χ4v) is 3.39. The molecule has 0 aromatic heterocycles. The van der Waals surface area contributed by atoms with E-state index in [0.717, 1.165) is 17.6 Å². The Morgan fingerprint density at radius 2 is 1.72 bits per heavy atom. The second-order valence-corrected chi connectivity index (χ2v) is 6.66. The van der Waals surface area contributed by atoms with Crippen LogP contribution in [0.15, 0.2) is 41.4 Å². The van der Waals surface area contributed by atoms with Crippen molar-refractivity contribution in [1.29, 1.82) is 0 Å². The van der Waals surface area contributed by atoms with Crippen molar-refractivity contribution in [2.45, 2.75) is 6.54 Å². The van der Waals surface area contributed by atoms with E-state index < -0.39 is 11.6 Å². The molecule has 0 bridgehead atoms. The molecule has 0 amide bonds. The number of methoxy groups -OCH3 is 2. The third-order valence-electron chi connectivity index (χ3n) is 4.94. The summed E-state index contributed by atoms with van der Waals surface area (Å²) in [6.45, 7) is 3.05. The van der Waals surface area contributed by atoms with Crippen LogP contribution in [0.4, 0.5) is 14.5 Å². The molecule has 1 N–H and O–H groups in total. The van der Waals surface area contributed by atoms with Crippen molar-refractivity contribution in [3.05, 3.63) is 53.6 Å². The second kappa shape index (κ2) is 9.45. The van der Waals surface area contributed by atoms with Gasteiger partial charge in [0.05, 0.1) is 19.9 Å². The summed E-state index contributed by atoms with van der Waals surface area (Å²) in [5, 5.41) is 3.35. The van der Waals surface area contributed by atoms with Crippen molar-refractivity contribution in [2.75, 3.05) is 52.3 Å². The zero-order chi connectivity index (χ0) is 20.8. The normalized spacial score (nSPS) is 14.7. The van der Waals surface area contributed by atoms with E-state index in [0.29, 0.717) is 49.9 Å². The van der Waals surface area contributed by atoms with Gasteiger partial charge in [0, 0.05) is 45.8 Å². The molecule has 0 radical (unpaired) electrons. The number of ether oxygens (including phenoxy) is 2. The van der Waals surface area contributed by atoms with E-state index in [4.69, 9.17) is 9.47 Å². The lowest BCUT2D eigenvalue weighted by Gasteiger charge is -2.37. The first kappa shape index (κ1) is 20.7. The first-order valence-electron chi connectivity index (χ1n) is 9.42. The quantitative estimate of drug-likeness (QED) is 0.614. The van der Waals surface area contributed by atoms with E-state index in [-0.39, 0.29) is 0 Å². The number of nitrogens with zero attached hydrogens (tertiary/aromatic N) is 3. The molecular weight excluding hydrogens is 378 g/mol. The van der Waals surface area contributed by atoms with Crippen LogP contribution in [0.2, 0.25) is 0 Å². The largest absolute Gasteiger partial charge is 0.493 e. The molecule has 1 fully saturated rings. The van der Waals surface area contributed by atoms with E-state index in [9.17, 15) is 8.78 Å². The standard InChI is InChI=1S/C21H26F2N4O2/c1-24-21(25-14-15-4-7-19(28-2)20(12-15)29-3)27-10-8-26(9-11-27)18-13-16(22)5-6-17(18)23/h4-7,12-13H,8-11,14H2,1-3H3,(H,24,25). The van der Waals surface area contributed by atoms with Gasteiger partial charge >= 0.3 is 0 Å². The highest BCUT2D eigenvalue weighted by Crippen LogP contribution is 2.27. The summed E-state index contributed by atoms with van der Waals surface area (Å²) in [7, 11) is 4.94. The highest BCUT2D eigenvalue weighted by atomic mass is 19.1. The molecule has 0 spiro atoms. The van der Waals surface area contributed by atoms with Gasteiger partial charge in [-0.05, 0) is 29.8 Å². The van der Waals surface area contributed by atoms with E-state index in [1.807, 2.05) is 23.1 Å². The molecule has 1 heterocycles. The number of rotatable bonds is 5. The number of halogens is 2. The van der Waals surface area contributed by atoms with Crippen LogP contribution in [0.5, 0.6) is 11.5 Å². The minimum absolute atomic E-state index is 0.304. The van der Waals surface area contributed by atoms with Gasteiger partial charge in [-0.25, -0.2) is 8.78 Å². The number of piperazine rings is 1. The van der Waals surface area contributed by atoms with Crippen LogP contribution in [0, 0.1) is 11.6 Å². The summed E-state index contributed by atoms with van der Waals surface area (Å²) in [5.74, 6) is 1.28. The first-order valence-corrected chi connectivity index (χ1v) is 9.42. The summed E-state index contributed by atoms with van der Waals surface area (Å²) >= 11 is 0. The molecule has 8 heteroatoms. The van der Waals surface area contributed by atoms with Gasteiger partial charge in [0.25, 0.3) is 0 Å². The minimum Gasteiger partial charge on any atom is -0.493 e. The zero-order valence-corrected chi connectivity index (χ0v) is 16.9. The van der Waals surface area contributed by atoms with Gasteiger partial charge in [-0.2, -0.15) is 0 Å². The van der Waals surface area contributed by atoms with Crippen molar-refractivity contribution in [2.24, 2.45) is 4.99 Å². The molecule has 0 saturated carbocycles. The number of hydrogen-bond acceptors (Lipinski definition) is 4. The van der Waals surface area contributed by atoms with Crippen LogP contribution in [0.1, 0.15) is 5.56 Å². The van der Waals surface area contributed by atoms with E-state index in [1.54, 1.807) is 21.3 Å². The molecule has 3 rings (SSSR count). The Morgan fingerprint density at radius 1 is 1.00 bits per heavy atom. The molecule has 2 aromatic carbocycles. The fraction of sp³-hybridized carbons (Fsp3) is 0.381. The molecular formula is C21H26F2N4O2. The van der Waals surface area contributed by atoms with Gasteiger partial charge in [-0.15, -0.1) is 0 Å². The third kappa shape index (κ3) is 4.88. The van der Waals surface area contributed by atoms with Crippen LogP contribution < -0.4 is 19.7 Å². The van der Waals surface area contributed by atoms with Crippen LogP contribution in [0.3, 0.4) is 0 Å². The smallest absolute Gasteiger partial charge is 0.194 e. The maximum atomic E-state index is 14.0. The van der Waals surface area contributed by atoms with Gasteiger partial charge in [0.15, 0.2) is 17.5 Å². The molecule has 1 saturated heterocycles. The van der Waals surface area contributed by atoms with Gasteiger partial charge < -0.3 is 24.6 Å². The van der Waals surface area contributed by atoms with Crippen molar-refractivity contribution in [3.8, 4) is 11.5 Å². The number of anilines is 1. The molecule has 0 aliphatic carbocycles. The monoisotopic (exact) mass is 404 g/mol. The maximum Gasteiger partial charge on any atom is 0.194 e. The molecule has 29 heavy (non-hydrogen) atoms. The second-order valence-electron chi connectivity index (χ2n) is 6.66. The SMILES string of the molecule is CN=C(NCc1ccc(OC)c(OC)c1)N1CCN(c2cc(F)ccc2F)CC1. The van der Waals surface area contributed by atoms with E-state index in [1.165, 1.54) is 12.1 Å². The number of aliphatic imine (C=N–C) groups is 1. The number of hydrogen-bond donors (Lipinski definition) is 1. The highest BCUT2D eigenvalue weighted by Gasteiger charge is 2.22. The topological polar surface area (TPSA) is 49.3 Å². The Hall–Kier alpha value is -3.03. The maximum absolute atomic E-state index is 14.0. The Labute approximate surface area is 169 Å². The Bertz CT molecular complexity index is 868. The summed E-state index contributed by atoms with van der Waals surface area (Å²) in [5.41, 5.74) is 1.34. The predicted molar refractivity (Wildman–Crippen MR) is 110 cm³/mol. The van der Waals surface area contributed by atoms with Gasteiger partial charge in [0.1, 0.15) is 11.6 Å². The van der Waals surface area contributed by atoms with Crippen LogP contribution >= 0.6 is 0 Å². The lowest BCUT2D eigenvalue weighted by atomic mass is 10.2. The molecule has 6 nitrogen and oxygen atoms in total. The summed E-state index contributed by atoms with van der Waals surface area (Å²) in [6.07, 6.45) is 0. The molecule has 156 valence electrons. The van der Waals surface area contributed by atoms with Crippen molar-refractivity contribution in [1.82, 2.24) is 10.2 Å². The average molecular weight is 404 g/mol. The van der Waals surface area contributed by atoms with Gasteiger partial charge in [-0.1, -0.05) is 6.07 Å². The van der Waals surface area contributed by atoms with Crippen molar-refractivity contribution < 1.29 is 18.3 Å².